The zero-order valence-electron chi connectivity index (χ0n) is 12.1. The predicted molar refractivity (Wildman–Crippen MR) is 79.0 cm³/mol. The molecule has 6 heteroatoms. The molecule has 6 nitrogen and oxygen atoms in total. The summed E-state index contributed by atoms with van der Waals surface area (Å²) in [4.78, 5) is 47.3. The summed E-state index contributed by atoms with van der Waals surface area (Å²) in [6.07, 6.45) is 5.06. The molecule has 0 amide bonds. The second-order valence-electron chi connectivity index (χ2n) is 5.93. The molecule has 1 unspecified atom stereocenters. The first-order chi connectivity index (χ1) is 11.5. The first kappa shape index (κ1) is 13.2. The molecule has 1 aromatic carbocycles. The fourth-order valence-electron chi connectivity index (χ4n) is 3.50. The van der Waals surface area contributed by atoms with Gasteiger partial charge in [0, 0.05) is 11.5 Å². The van der Waals surface area contributed by atoms with Gasteiger partial charge in [-0.25, -0.2) is 14.4 Å². The van der Waals surface area contributed by atoms with Crippen LogP contribution in [0.1, 0.15) is 37.8 Å². The molecule has 0 N–H and O–H groups in total. The van der Waals surface area contributed by atoms with Crippen LogP contribution in [-0.4, -0.2) is 30.3 Å². The van der Waals surface area contributed by atoms with Crippen LogP contribution in [0.15, 0.2) is 41.5 Å². The number of rotatable bonds is 0. The third-order valence-electron chi connectivity index (χ3n) is 4.70. The average Bonchev–Trinajstić information content (AvgIpc) is 2.73. The molecule has 5 rings (SSSR count). The highest BCUT2D eigenvalue weighted by Gasteiger charge is 2.39. The van der Waals surface area contributed by atoms with Crippen LogP contribution >= 0.6 is 0 Å². The molecule has 0 saturated heterocycles. The van der Waals surface area contributed by atoms with Crippen LogP contribution in [0.4, 0.5) is 0 Å². The van der Waals surface area contributed by atoms with Crippen LogP contribution in [0.2, 0.25) is 0 Å². The van der Waals surface area contributed by atoms with Crippen LogP contribution in [0.5, 0.6) is 0 Å². The van der Waals surface area contributed by atoms with Gasteiger partial charge in [0.05, 0.1) is 16.7 Å². The number of Topliss-reactive ketones (excluding diaryl/α,β-unsaturated/α-hetero) is 1. The molecule has 0 saturated carbocycles. The fraction of sp³-hybridized carbons (Fsp3) is 0.111. The van der Waals surface area contributed by atoms with E-state index >= 15 is 0 Å². The zero-order chi connectivity index (χ0) is 16.6. The number of carbonyl (C=O) groups excluding carboxylic acids is 4. The Balaban J connectivity index is 1.70. The Bertz CT molecular complexity index is 1000. The number of ether oxygens (including phenoxy) is 2. The highest BCUT2D eigenvalue weighted by Crippen LogP contribution is 2.50. The third-order valence-corrected chi connectivity index (χ3v) is 4.70. The molecule has 2 aliphatic carbocycles. The first-order valence-corrected chi connectivity index (χ1v) is 7.34. The minimum Gasteiger partial charge on any atom is -0.454 e. The van der Waals surface area contributed by atoms with Crippen LogP contribution in [0, 0.1) is 0 Å². The van der Waals surface area contributed by atoms with Crippen molar-refractivity contribution >= 4 is 29.3 Å². The molecule has 116 valence electrons. The highest BCUT2D eigenvalue weighted by atomic mass is 16.6. The molecule has 2 heterocycles. The number of hydrogen-bond acceptors (Lipinski definition) is 6. The van der Waals surface area contributed by atoms with Gasteiger partial charge in [0.15, 0.2) is 6.61 Å². The van der Waals surface area contributed by atoms with Crippen LogP contribution in [0.25, 0.3) is 5.57 Å². The Hall–Kier alpha value is -3.28. The van der Waals surface area contributed by atoms with Crippen LogP contribution < -0.4 is 0 Å². The number of esters is 3. The Kier molecular flexibility index (Phi) is 2.29. The number of benzene rings is 1. The molecule has 1 aromatic rings. The minimum absolute atomic E-state index is 0.139. The Morgan fingerprint density at radius 2 is 1.62 bits per heavy atom. The zero-order valence-corrected chi connectivity index (χ0v) is 12.1. The Labute approximate surface area is 135 Å². The van der Waals surface area contributed by atoms with Crippen molar-refractivity contribution in [3.05, 3.63) is 63.8 Å². The van der Waals surface area contributed by atoms with Gasteiger partial charge in [0.25, 0.3) is 0 Å². The summed E-state index contributed by atoms with van der Waals surface area (Å²) in [6, 6.07) is 3.26. The molecule has 0 spiro atoms. The fourth-order valence-corrected chi connectivity index (χ4v) is 3.50. The van der Waals surface area contributed by atoms with E-state index < -0.39 is 17.9 Å². The summed E-state index contributed by atoms with van der Waals surface area (Å²) in [5, 5.41) is 0. The van der Waals surface area contributed by atoms with Crippen molar-refractivity contribution in [1.82, 2.24) is 0 Å². The maximum absolute atomic E-state index is 12.1. The summed E-state index contributed by atoms with van der Waals surface area (Å²) < 4.78 is 9.47. The summed E-state index contributed by atoms with van der Waals surface area (Å²) in [7, 11) is 0. The molecule has 2 aliphatic heterocycles. The highest BCUT2D eigenvalue weighted by molar-refractivity contribution is 6.17. The monoisotopic (exact) mass is 320 g/mol. The lowest BCUT2D eigenvalue weighted by molar-refractivity contribution is -0.144. The molecule has 0 fully saturated rings. The first-order valence-electron chi connectivity index (χ1n) is 7.34. The SMILES string of the molecule is O=C1COC(=O)C2=C1C=C1c3cc4c(cc3C1C=C2)C(=O)OC4=O. The average molecular weight is 320 g/mol. The summed E-state index contributed by atoms with van der Waals surface area (Å²) in [5.41, 5.74) is 3.54. The van der Waals surface area contributed by atoms with Crippen molar-refractivity contribution in [3.63, 3.8) is 0 Å². The van der Waals surface area contributed by atoms with Gasteiger partial charge in [-0.05, 0) is 41.0 Å². The van der Waals surface area contributed by atoms with E-state index in [1.165, 1.54) is 0 Å². The second kappa shape index (κ2) is 4.17. The standard InChI is InChI=1S/C18H8O6/c19-15-6-23-16(20)8-2-1-7-9(3-12(8)15)11-5-14-13(4-10(7)11)17(21)24-18(14)22/h1-5,7H,6H2. The van der Waals surface area contributed by atoms with E-state index in [1.807, 2.05) is 0 Å². The quantitative estimate of drug-likeness (QED) is 0.531. The van der Waals surface area contributed by atoms with E-state index in [1.54, 1.807) is 30.4 Å². The molecule has 0 aromatic heterocycles. The largest absolute Gasteiger partial charge is 0.454 e. The molecular formula is C18H8O6. The van der Waals surface area contributed by atoms with Crippen molar-refractivity contribution in [2.75, 3.05) is 6.61 Å². The van der Waals surface area contributed by atoms with Crippen molar-refractivity contribution in [1.29, 1.82) is 0 Å². The maximum Gasteiger partial charge on any atom is 0.346 e. The van der Waals surface area contributed by atoms with E-state index in [4.69, 9.17) is 4.74 Å². The van der Waals surface area contributed by atoms with Gasteiger partial charge >= 0.3 is 17.9 Å². The van der Waals surface area contributed by atoms with Gasteiger partial charge in [-0.15, -0.1) is 0 Å². The molecular weight excluding hydrogens is 312 g/mol. The van der Waals surface area contributed by atoms with E-state index in [0.29, 0.717) is 5.57 Å². The number of cyclic esters (lactones) is 3. The van der Waals surface area contributed by atoms with Gasteiger partial charge in [0.1, 0.15) is 0 Å². The topological polar surface area (TPSA) is 86.7 Å². The van der Waals surface area contributed by atoms with E-state index in [9.17, 15) is 19.2 Å². The van der Waals surface area contributed by atoms with Gasteiger partial charge < -0.3 is 9.47 Å². The summed E-state index contributed by atoms with van der Waals surface area (Å²) in [5.74, 6) is -2.23. The van der Waals surface area contributed by atoms with E-state index in [0.717, 1.165) is 16.7 Å². The minimum atomic E-state index is -0.664. The van der Waals surface area contributed by atoms with Gasteiger partial charge in [-0.1, -0.05) is 6.08 Å². The van der Waals surface area contributed by atoms with E-state index in [-0.39, 0.29) is 35.0 Å². The molecule has 1 atom stereocenters. The van der Waals surface area contributed by atoms with E-state index in [2.05, 4.69) is 4.74 Å². The molecule has 0 bridgehead atoms. The second-order valence-corrected chi connectivity index (χ2v) is 5.93. The predicted octanol–water partition coefficient (Wildman–Crippen LogP) is 1.47. The lowest BCUT2D eigenvalue weighted by Crippen LogP contribution is -2.24. The Morgan fingerprint density at radius 3 is 2.42 bits per heavy atom. The van der Waals surface area contributed by atoms with Crippen LogP contribution in [0.3, 0.4) is 0 Å². The number of hydrogen-bond donors (Lipinski definition) is 0. The number of fused-ring (bicyclic) bond motifs is 5. The summed E-state index contributed by atoms with van der Waals surface area (Å²) in [6.45, 7) is -0.266. The number of carbonyl (C=O) groups is 4. The molecule has 4 aliphatic rings. The third kappa shape index (κ3) is 1.49. The van der Waals surface area contributed by atoms with Gasteiger partial charge in [-0.3, -0.25) is 4.79 Å². The smallest absolute Gasteiger partial charge is 0.346 e. The molecule has 24 heavy (non-hydrogen) atoms. The van der Waals surface area contributed by atoms with Gasteiger partial charge in [0.2, 0.25) is 5.78 Å². The van der Waals surface area contributed by atoms with Crippen molar-refractivity contribution < 1.29 is 28.7 Å². The van der Waals surface area contributed by atoms with Crippen molar-refractivity contribution in [2.24, 2.45) is 0 Å². The number of ketones is 1. The van der Waals surface area contributed by atoms with Crippen molar-refractivity contribution in [2.45, 2.75) is 5.92 Å². The Morgan fingerprint density at radius 1 is 0.875 bits per heavy atom. The van der Waals surface area contributed by atoms with Crippen molar-refractivity contribution in [3.8, 4) is 0 Å². The van der Waals surface area contributed by atoms with Crippen LogP contribution in [-0.2, 0) is 19.1 Å². The maximum atomic E-state index is 12.1. The van der Waals surface area contributed by atoms with Gasteiger partial charge in [-0.2, -0.15) is 0 Å². The lowest BCUT2D eigenvalue weighted by Gasteiger charge is -2.32. The number of allylic oxidation sites excluding steroid dienone is 3. The normalized spacial score (nSPS) is 23.3. The summed E-state index contributed by atoms with van der Waals surface area (Å²) >= 11 is 0. The molecule has 0 radical (unpaired) electrons. The lowest BCUT2D eigenvalue weighted by atomic mass is 9.71.